The number of hydrogen-bond donors (Lipinski definition) is 0. The van der Waals surface area contributed by atoms with Gasteiger partial charge >= 0.3 is 0 Å². The van der Waals surface area contributed by atoms with Crippen molar-refractivity contribution >= 4 is 34.9 Å². The fourth-order valence-corrected chi connectivity index (χ4v) is 3.22. The summed E-state index contributed by atoms with van der Waals surface area (Å²) in [6.07, 6.45) is 0. The second-order valence-electron chi connectivity index (χ2n) is 2.81. The van der Waals surface area contributed by atoms with Crippen molar-refractivity contribution in [2.75, 3.05) is 0 Å². The van der Waals surface area contributed by atoms with Crippen molar-refractivity contribution in [2.45, 2.75) is 9.10 Å². The minimum Gasteiger partial charge on any atom is -0.207 e. The van der Waals surface area contributed by atoms with E-state index >= 15 is 0 Å². The molecule has 0 saturated heterocycles. The molecular formula is C10H4ClFN2S2. The third-order valence-electron chi connectivity index (χ3n) is 1.74. The van der Waals surface area contributed by atoms with Gasteiger partial charge in [0.15, 0.2) is 5.15 Å². The van der Waals surface area contributed by atoms with Gasteiger partial charge in [-0.2, -0.15) is 9.64 Å². The smallest absolute Gasteiger partial charge is 0.161 e. The average Bonchev–Trinajstić information content (AvgIpc) is 2.59. The van der Waals surface area contributed by atoms with Crippen LogP contribution in [0, 0.1) is 17.1 Å². The van der Waals surface area contributed by atoms with E-state index in [-0.39, 0.29) is 11.0 Å². The highest BCUT2D eigenvalue weighted by Crippen LogP contribution is 2.36. The number of halogens is 2. The third kappa shape index (κ3) is 2.35. The average molecular weight is 271 g/mol. The van der Waals surface area contributed by atoms with Crippen LogP contribution in [-0.2, 0) is 0 Å². The van der Waals surface area contributed by atoms with Gasteiger partial charge in [0.1, 0.15) is 21.7 Å². The summed E-state index contributed by atoms with van der Waals surface area (Å²) in [7, 11) is 0. The highest BCUT2D eigenvalue weighted by atomic mass is 35.5. The summed E-state index contributed by atoms with van der Waals surface area (Å²) in [6.45, 7) is 0. The molecule has 0 atom stereocenters. The molecule has 80 valence electrons. The molecule has 0 radical (unpaired) electrons. The van der Waals surface area contributed by atoms with E-state index in [9.17, 15) is 4.39 Å². The van der Waals surface area contributed by atoms with Gasteiger partial charge in [-0.3, -0.25) is 0 Å². The summed E-state index contributed by atoms with van der Waals surface area (Å²) in [5.74, 6) is -0.306. The molecule has 0 N–H and O–H groups in total. The van der Waals surface area contributed by atoms with Crippen LogP contribution in [0.15, 0.2) is 33.4 Å². The van der Waals surface area contributed by atoms with Gasteiger partial charge < -0.3 is 0 Å². The summed E-state index contributed by atoms with van der Waals surface area (Å²) in [6, 6.07) is 8.14. The van der Waals surface area contributed by atoms with E-state index in [1.165, 1.54) is 23.9 Å². The van der Waals surface area contributed by atoms with Crippen LogP contribution in [0.2, 0.25) is 5.15 Å². The zero-order chi connectivity index (χ0) is 11.5. The van der Waals surface area contributed by atoms with Crippen LogP contribution in [-0.4, -0.2) is 4.37 Å². The lowest BCUT2D eigenvalue weighted by molar-refractivity contribution is 0.624. The first-order valence-electron chi connectivity index (χ1n) is 4.19. The standard InChI is InChI=1S/C10H4ClFN2S2/c11-9-8(5-13)10(16-14-9)15-7-3-1-2-6(12)4-7/h1-4H. The van der Waals surface area contributed by atoms with Crippen LogP contribution in [0.4, 0.5) is 4.39 Å². The second kappa shape index (κ2) is 4.83. The predicted octanol–water partition coefficient (Wildman–Crippen LogP) is 3.96. The Morgan fingerprint density at radius 1 is 1.50 bits per heavy atom. The van der Waals surface area contributed by atoms with Crippen molar-refractivity contribution in [3.8, 4) is 6.07 Å². The van der Waals surface area contributed by atoms with Crippen molar-refractivity contribution in [1.82, 2.24) is 4.37 Å². The van der Waals surface area contributed by atoms with Crippen LogP contribution in [0.3, 0.4) is 0 Å². The largest absolute Gasteiger partial charge is 0.207 e. The van der Waals surface area contributed by atoms with E-state index in [2.05, 4.69) is 4.37 Å². The predicted molar refractivity (Wildman–Crippen MR) is 62.4 cm³/mol. The van der Waals surface area contributed by atoms with E-state index in [1.54, 1.807) is 12.1 Å². The Morgan fingerprint density at radius 3 is 3.00 bits per heavy atom. The summed E-state index contributed by atoms with van der Waals surface area (Å²) < 4.78 is 17.5. The zero-order valence-electron chi connectivity index (χ0n) is 7.78. The maximum Gasteiger partial charge on any atom is 0.161 e. The quantitative estimate of drug-likeness (QED) is 0.829. The lowest BCUT2D eigenvalue weighted by Crippen LogP contribution is -1.77. The first-order chi connectivity index (χ1) is 7.70. The van der Waals surface area contributed by atoms with Gasteiger partial charge in [0.2, 0.25) is 0 Å². The lowest BCUT2D eigenvalue weighted by Gasteiger charge is -1.98. The number of nitrogens with zero attached hydrogens (tertiary/aromatic N) is 2. The molecule has 1 aromatic carbocycles. The van der Waals surface area contributed by atoms with Crippen LogP contribution in [0.5, 0.6) is 0 Å². The summed E-state index contributed by atoms with van der Waals surface area (Å²) in [5, 5.41) is 9.07. The number of nitriles is 1. The SMILES string of the molecule is N#Cc1c(Cl)nsc1Sc1cccc(F)c1. The van der Waals surface area contributed by atoms with Crippen molar-refractivity contribution in [1.29, 1.82) is 5.26 Å². The molecule has 1 aromatic heterocycles. The van der Waals surface area contributed by atoms with E-state index in [4.69, 9.17) is 16.9 Å². The molecule has 0 aliphatic heterocycles. The van der Waals surface area contributed by atoms with E-state index in [1.807, 2.05) is 6.07 Å². The van der Waals surface area contributed by atoms with Gasteiger partial charge in [0.05, 0.1) is 0 Å². The topological polar surface area (TPSA) is 36.7 Å². The van der Waals surface area contributed by atoms with Gasteiger partial charge in [0, 0.05) is 4.90 Å². The zero-order valence-corrected chi connectivity index (χ0v) is 10.2. The molecule has 6 heteroatoms. The molecule has 2 nitrogen and oxygen atoms in total. The molecular weight excluding hydrogens is 267 g/mol. The molecule has 1 heterocycles. The van der Waals surface area contributed by atoms with Gasteiger partial charge in [-0.15, -0.1) is 0 Å². The lowest BCUT2D eigenvalue weighted by atomic mass is 10.4. The van der Waals surface area contributed by atoms with Crippen molar-refractivity contribution in [2.24, 2.45) is 0 Å². The minimum absolute atomic E-state index is 0.200. The maximum atomic E-state index is 12.9. The number of benzene rings is 1. The Labute approximate surface area is 105 Å². The first kappa shape index (κ1) is 11.4. The molecule has 0 aliphatic carbocycles. The molecule has 0 bridgehead atoms. The Kier molecular flexibility index (Phi) is 3.44. The minimum atomic E-state index is -0.306. The van der Waals surface area contributed by atoms with Crippen LogP contribution in [0.1, 0.15) is 5.56 Å². The monoisotopic (exact) mass is 270 g/mol. The summed E-state index contributed by atoms with van der Waals surface area (Å²) >= 11 is 8.15. The van der Waals surface area contributed by atoms with E-state index in [0.29, 0.717) is 9.77 Å². The van der Waals surface area contributed by atoms with Crippen LogP contribution in [0.25, 0.3) is 0 Å². The molecule has 0 aliphatic rings. The number of rotatable bonds is 2. The summed E-state index contributed by atoms with van der Waals surface area (Å²) in [5.41, 5.74) is 0.348. The molecule has 16 heavy (non-hydrogen) atoms. The Morgan fingerprint density at radius 2 is 2.31 bits per heavy atom. The maximum absolute atomic E-state index is 12.9. The number of hydrogen-bond acceptors (Lipinski definition) is 4. The first-order valence-corrected chi connectivity index (χ1v) is 6.16. The van der Waals surface area contributed by atoms with Gasteiger partial charge in [-0.05, 0) is 29.7 Å². The normalized spacial score (nSPS) is 10.1. The number of aromatic nitrogens is 1. The fourth-order valence-electron chi connectivity index (χ4n) is 1.06. The summed E-state index contributed by atoms with van der Waals surface area (Å²) in [4.78, 5) is 0.719. The Hall–Kier alpha value is -1.09. The molecule has 0 fully saturated rings. The molecule has 2 rings (SSSR count). The third-order valence-corrected chi connectivity index (χ3v) is 4.11. The highest BCUT2D eigenvalue weighted by molar-refractivity contribution is 8.01. The van der Waals surface area contributed by atoms with Crippen LogP contribution >= 0.6 is 34.9 Å². The molecule has 0 unspecified atom stereocenters. The van der Waals surface area contributed by atoms with Crippen molar-refractivity contribution in [3.63, 3.8) is 0 Å². The van der Waals surface area contributed by atoms with Crippen molar-refractivity contribution in [3.05, 3.63) is 40.8 Å². The Bertz CT molecular complexity index is 562. The van der Waals surface area contributed by atoms with Gasteiger partial charge in [-0.1, -0.05) is 29.4 Å². The van der Waals surface area contributed by atoms with Crippen LogP contribution < -0.4 is 0 Å². The molecule has 2 aromatic rings. The molecule has 0 spiro atoms. The fraction of sp³-hybridized carbons (Fsp3) is 0. The van der Waals surface area contributed by atoms with E-state index < -0.39 is 0 Å². The van der Waals surface area contributed by atoms with Gasteiger partial charge in [0.25, 0.3) is 0 Å². The van der Waals surface area contributed by atoms with E-state index in [0.717, 1.165) is 16.4 Å². The van der Waals surface area contributed by atoms with Crippen molar-refractivity contribution < 1.29 is 4.39 Å². The second-order valence-corrected chi connectivity index (χ2v) is 5.28. The highest BCUT2D eigenvalue weighted by Gasteiger charge is 2.13. The van der Waals surface area contributed by atoms with Gasteiger partial charge in [-0.25, -0.2) is 4.39 Å². The Balaban J connectivity index is 2.31. The molecule has 0 amide bonds. The molecule has 0 saturated carbocycles.